The lowest BCUT2D eigenvalue weighted by Gasteiger charge is -2.25. The molecule has 32 heavy (non-hydrogen) atoms. The minimum Gasteiger partial charge on any atom is -0.310 e. The second-order valence-electron chi connectivity index (χ2n) is 9.40. The Morgan fingerprint density at radius 3 is 2.75 bits per heavy atom. The summed E-state index contributed by atoms with van der Waals surface area (Å²) in [7, 11) is 0. The number of nitrogens with zero attached hydrogens (tertiary/aromatic N) is 1. The van der Waals surface area contributed by atoms with Gasteiger partial charge in [-0.3, -0.25) is 14.5 Å². The largest absolute Gasteiger partial charge is 0.310 e. The number of nitrogens with one attached hydrogen (secondary N) is 1. The Labute approximate surface area is 198 Å². The molecule has 0 spiro atoms. The molecule has 2 aliphatic rings. The molecule has 1 aromatic carbocycles. The highest BCUT2D eigenvalue weighted by molar-refractivity contribution is 8.00. The number of benzene rings is 1. The van der Waals surface area contributed by atoms with Crippen LogP contribution in [0.4, 0.5) is 0 Å². The smallest absolute Gasteiger partial charge is 0.242 e. The van der Waals surface area contributed by atoms with E-state index in [1.807, 2.05) is 6.92 Å². The number of rotatable bonds is 10. The molecule has 1 heterocycles. The van der Waals surface area contributed by atoms with Crippen LogP contribution in [-0.2, 0) is 16.0 Å². The van der Waals surface area contributed by atoms with E-state index in [-0.39, 0.29) is 28.5 Å². The van der Waals surface area contributed by atoms with Crippen LogP contribution < -0.4 is 5.32 Å². The number of thioether (sulfide) groups is 1. The van der Waals surface area contributed by atoms with Gasteiger partial charge >= 0.3 is 0 Å². The maximum Gasteiger partial charge on any atom is 0.242 e. The van der Waals surface area contributed by atoms with Gasteiger partial charge < -0.3 is 5.32 Å². The molecule has 4 nitrogen and oxygen atoms in total. The molecule has 1 aliphatic carbocycles. The highest BCUT2D eigenvalue weighted by Gasteiger charge is 2.37. The highest BCUT2D eigenvalue weighted by atomic mass is 32.2. The second kappa shape index (κ2) is 11.9. The SMILES string of the molecule is CCSC1CC(=O)N(CCCNC(C)c2ccc(CC3(C)C#CCCCCC3)cc2)C1=O. The lowest BCUT2D eigenvalue weighted by atomic mass is 9.78. The van der Waals surface area contributed by atoms with Gasteiger partial charge in [-0.05, 0) is 63.0 Å². The summed E-state index contributed by atoms with van der Waals surface area (Å²) in [6, 6.07) is 9.15. The first-order valence-corrected chi connectivity index (χ1v) is 13.2. The normalized spacial score (nSPS) is 24.6. The zero-order valence-corrected chi connectivity index (χ0v) is 20.7. The summed E-state index contributed by atoms with van der Waals surface area (Å²) in [4.78, 5) is 25.9. The summed E-state index contributed by atoms with van der Waals surface area (Å²) in [6.45, 7) is 7.78. The summed E-state index contributed by atoms with van der Waals surface area (Å²) in [5, 5.41) is 3.36. The van der Waals surface area contributed by atoms with Gasteiger partial charge in [-0.2, -0.15) is 0 Å². The summed E-state index contributed by atoms with van der Waals surface area (Å²) in [5.41, 5.74) is 2.70. The van der Waals surface area contributed by atoms with Crippen LogP contribution in [0, 0.1) is 17.3 Å². The van der Waals surface area contributed by atoms with Gasteiger partial charge in [-0.25, -0.2) is 0 Å². The van der Waals surface area contributed by atoms with Gasteiger partial charge in [-0.15, -0.1) is 17.7 Å². The van der Waals surface area contributed by atoms with Gasteiger partial charge in [0.1, 0.15) is 0 Å². The number of likely N-dealkylation sites (tertiary alicyclic amines) is 1. The Kier molecular flexibility index (Phi) is 9.25. The molecular weight excluding hydrogens is 416 g/mol. The first kappa shape index (κ1) is 24.9. The van der Waals surface area contributed by atoms with E-state index in [0.29, 0.717) is 13.0 Å². The van der Waals surface area contributed by atoms with Crippen molar-refractivity contribution in [2.24, 2.45) is 5.41 Å². The summed E-state index contributed by atoms with van der Waals surface area (Å²) >= 11 is 1.57. The van der Waals surface area contributed by atoms with E-state index < -0.39 is 0 Å². The van der Waals surface area contributed by atoms with Crippen molar-refractivity contribution >= 4 is 23.6 Å². The van der Waals surface area contributed by atoms with Gasteiger partial charge in [0.2, 0.25) is 11.8 Å². The van der Waals surface area contributed by atoms with Crippen molar-refractivity contribution in [3.8, 4) is 11.8 Å². The van der Waals surface area contributed by atoms with Gasteiger partial charge in [0.05, 0.1) is 5.25 Å². The van der Waals surface area contributed by atoms with Crippen molar-refractivity contribution in [2.45, 2.75) is 83.4 Å². The molecule has 1 saturated heterocycles. The summed E-state index contributed by atoms with van der Waals surface area (Å²) in [6.07, 6.45) is 8.18. The predicted octanol–water partition coefficient (Wildman–Crippen LogP) is 5.12. The minimum atomic E-state index is -0.173. The Bertz CT molecular complexity index is 841. The molecule has 3 rings (SSSR count). The Hall–Kier alpha value is -1.77. The fraction of sp³-hybridized carbons (Fsp3) is 0.630. The van der Waals surface area contributed by atoms with E-state index in [2.05, 4.69) is 55.3 Å². The summed E-state index contributed by atoms with van der Waals surface area (Å²) < 4.78 is 0. The molecule has 3 unspecified atom stereocenters. The quantitative estimate of drug-likeness (QED) is 0.303. The highest BCUT2D eigenvalue weighted by Crippen LogP contribution is 2.30. The zero-order chi connectivity index (χ0) is 23.0. The lowest BCUT2D eigenvalue weighted by Crippen LogP contribution is -2.34. The van der Waals surface area contributed by atoms with E-state index in [1.165, 1.54) is 41.7 Å². The van der Waals surface area contributed by atoms with Crippen LogP contribution in [0.3, 0.4) is 0 Å². The molecule has 1 aromatic rings. The first-order valence-electron chi connectivity index (χ1n) is 12.2. The molecule has 0 bridgehead atoms. The molecule has 0 aromatic heterocycles. The van der Waals surface area contributed by atoms with Crippen LogP contribution in [0.15, 0.2) is 24.3 Å². The van der Waals surface area contributed by atoms with Crippen molar-refractivity contribution < 1.29 is 9.59 Å². The number of hydrogen-bond acceptors (Lipinski definition) is 4. The average molecular weight is 455 g/mol. The molecule has 1 N–H and O–H groups in total. The Morgan fingerprint density at radius 2 is 2.00 bits per heavy atom. The molecule has 0 radical (unpaired) electrons. The zero-order valence-electron chi connectivity index (χ0n) is 19.9. The number of amides is 2. The average Bonchev–Trinajstić information content (AvgIpc) is 3.02. The second-order valence-corrected chi connectivity index (χ2v) is 10.9. The van der Waals surface area contributed by atoms with Crippen LogP contribution in [0.5, 0.6) is 0 Å². The van der Waals surface area contributed by atoms with Gasteiger partial charge in [0.15, 0.2) is 0 Å². The topological polar surface area (TPSA) is 49.4 Å². The van der Waals surface area contributed by atoms with E-state index in [4.69, 9.17) is 0 Å². The van der Waals surface area contributed by atoms with Crippen molar-refractivity contribution in [3.63, 3.8) is 0 Å². The van der Waals surface area contributed by atoms with E-state index in [1.54, 1.807) is 11.8 Å². The fourth-order valence-electron chi connectivity index (χ4n) is 4.64. The van der Waals surface area contributed by atoms with Crippen molar-refractivity contribution in [2.75, 3.05) is 18.8 Å². The van der Waals surface area contributed by atoms with Crippen LogP contribution in [0.25, 0.3) is 0 Å². The number of carbonyl (C=O) groups is 2. The van der Waals surface area contributed by atoms with Crippen molar-refractivity contribution in [1.82, 2.24) is 10.2 Å². The third-order valence-electron chi connectivity index (χ3n) is 6.57. The maximum absolute atomic E-state index is 12.3. The third-order valence-corrected chi connectivity index (χ3v) is 7.68. The van der Waals surface area contributed by atoms with E-state index in [0.717, 1.165) is 31.6 Å². The van der Waals surface area contributed by atoms with Crippen molar-refractivity contribution in [3.05, 3.63) is 35.4 Å². The molecule has 1 aliphatic heterocycles. The van der Waals surface area contributed by atoms with E-state index in [9.17, 15) is 9.59 Å². The fourth-order valence-corrected chi connectivity index (χ4v) is 5.58. The third kappa shape index (κ3) is 6.86. The Balaban J connectivity index is 1.44. The van der Waals surface area contributed by atoms with Gasteiger partial charge in [0, 0.05) is 30.8 Å². The van der Waals surface area contributed by atoms with Gasteiger partial charge in [0.25, 0.3) is 0 Å². The van der Waals surface area contributed by atoms with Crippen LogP contribution in [0.2, 0.25) is 0 Å². The molecular formula is C27H38N2O2S. The standard InChI is InChI=1S/C27H38N2O2S/c1-4-32-24-19-25(30)29(26(24)31)18-10-17-28-21(2)23-13-11-22(12-14-23)20-27(3)15-8-6-5-7-9-16-27/h11-14,21,24,28H,4-8,10,15,17-20H2,1-3H3. The number of imide groups is 1. The van der Waals surface area contributed by atoms with E-state index >= 15 is 0 Å². The molecule has 174 valence electrons. The minimum absolute atomic E-state index is 0.00633. The van der Waals surface area contributed by atoms with Gasteiger partial charge in [-0.1, -0.05) is 50.0 Å². The monoisotopic (exact) mass is 454 g/mol. The molecule has 5 heteroatoms. The Morgan fingerprint density at radius 1 is 1.22 bits per heavy atom. The molecule has 2 amide bonds. The molecule has 1 fully saturated rings. The summed E-state index contributed by atoms with van der Waals surface area (Å²) in [5.74, 6) is 7.76. The van der Waals surface area contributed by atoms with Crippen LogP contribution >= 0.6 is 11.8 Å². The predicted molar refractivity (Wildman–Crippen MR) is 133 cm³/mol. The number of hydrogen-bond donors (Lipinski definition) is 1. The molecule has 0 saturated carbocycles. The number of carbonyl (C=O) groups excluding carboxylic acids is 2. The van der Waals surface area contributed by atoms with Crippen LogP contribution in [-0.4, -0.2) is 40.8 Å². The lowest BCUT2D eigenvalue weighted by molar-refractivity contribution is -0.138. The first-order chi connectivity index (χ1) is 15.4. The maximum atomic E-state index is 12.3. The molecule has 3 atom stereocenters. The van der Waals surface area contributed by atoms with Crippen LogP contribution in [0.1, 0.15) is 82.9 Å². The van der Waals surface area contributed by atoms with Crippen molar-refractivity contribution in [1.29, 1.82) is 0 Å².